The average Bonchev–Trinajstić information content (AvgIpc) is 3.21. The highest BCUT2D eigenvalue weighted by atomic mass is 32.1. The highest BCUT2D eigenvalue weighted by Crippen LogP contribution is 2.26. The molecule has 0 saturated carbocycles. The Morgan fingerprint density at radius 3 is 2.70 bits per heavy atom. The van der Waals surface area contributed by atoms with Crippen LogP contribution >= 0.6 is 11.3 Å². The maximum atomic E-state index is 12.9. The molecular formula is C17H11FN4S. The summed E-state index contributed by atoms with van der Waals surface area (Å²) in [4.78, 5) is 16.5. The molecule has 0 fully saturated rings. The molecule has 0 radical (unpaired) electrons. The van der Waals surface area contributed by atoms with Crippen LogP contribution in [0, 0.1) is 5.82 Å². The standard InChI is InChI=1S/C17H11FN4S/c18-12-7-5-11(6-8-12)9-19-17-22-15(10-23-17)16-20-13-3-1-2-4-14(13)21-16/h1-10H,(H,20,21)/b19-9+. The summed E-state index contributed by atoms with van der Waals surface area (Å²) in [5.74, 6) is 0.467. The van der Waals surface area contributed by atoms with Gasteiger partial charge in [-0.05, 0) is 29.8 Å². The second-order valence-electron chi connectivity index (χ2n) is 4.93. The highest BCUT2D eigenvalue weighted by Gasteiger charge is 2.08. The predicted molar refractivity (Wildman–Crippen MR) is 90.9 cm³/mol. The molecule has 0 aliphatic heterocycles. The molecule has 23 heavy (non-hydrogen) atoms. The van der Waals surface area contributed by atoms with Crippen LogP contribution in [0.3, 0.4) is 0 Å². The molecule has 0 aliphatic rings. The molecule has 1 N–H and O–H groups in total. The van der Waals surface area contributed by atoms with Gasteiger partial charge in [-0.1, -0.05) is 24.3 Å². The Morgan fingerprint density at radius 2 is 1.87 bits per heavy atom. The minimum Gasteiger partial charge on any atom is -0.337 e. The number of rotatable bonds is 3. The first-order chi connectivity index (χ1) is 11.3. The first-order valence-electron chi connectivity index (χ1n) is 6.98. The number of nitrogens with one attached hydrogen (secondary N) is 1. The average molecular weight is 322 g/mol. The van der Waals surface area contributed by atoms with E-state index >= 15 is 0 Å². The van der Waals surface area contributed by atoms with Crippen LogP contribution in [0.4, 0.5) is 9.52 Å². The summed E-state index contributed by atoms with van der Waals surface area (Å²) >= 11 is 1.43. The van der Waals surface area contributed by atoms with E-state index in [0.717, 1.165) is 28.1 Å². The summed E-state index contributed by atoms with van der Waals surface area (Å²) < 4.78 is 12.9. The number of para-hydroxylation sites is 2. The maximum Gasteiger partial charge on any atom is 0.209 e. The van der Waals surface area contributed by atoms with Gasteiger partial charge < -0.3 is 4.98 Å². The van der Waals surface area contributed by atoms with Crippen molar-refractivity contribution in [3.05, 3.63) is 65.3 Å². The number of benzene rings is 2. The number of imidazole rings is 1. The molecule has 4 rings (SSSR count). The van der Waals surface area contributed by atoms with Gasteiger partial charge in [-0.3, -0.25) is 0 Å². The van der Waals surface area contributed by atoms with Crippen molar-refractivity contribution in [2.24, 2.45) is 4.99 Å². The molecule has 2 aromatic carbocycles. The molecule has 112 valence electrons. The summed E-state index contributed by atoms with van der Waals surface area (Å²) in [6, 6.07) is 14.0. The third kappa shape index (κ3) is 2.89. The normalized spacial score (nSPS) is 11.5. The molecule has 0 spiro atoms. The number of hydrogen-bond acceptors (Lipinski definition) is 4. The zero-order valence-electron chi connectivity index (χ0n) is 11.9. The molecule has 0 unspecified atom stereocenters. The van der Waals surface area contributed by atoms with Gasteiger partial charge in [0.2, 0.25) is 5.13 Å². The van der Waals surface area contributed by atoms with Crippen LogP contribution in [-0.4, -0.2) is 21.2 Å². The third-order valence-corrected chi connectivity index (χ3v) is 4.07. The smallest absolute Gasteiger partial charge is 0.209 e. The van der Waals surface area contributed by atoms with Crippen molar-refractivity contribution < 1.29 is 4.39 Å². The molecule has 0 saturated heterocycles. The van der Waals surface area contributed by atoms with Gasteiger partial charge in [0.25, 0.3) is 0 Å². The van der Waals surface area contributed by atoms with Crippen molar-refractivity contribution in [1.29, 1.82) is 0 Å². The molecule has 2 heterocycles. The SMILES string of the molecule is Fc1ccc(/C=N/c2nc(-c3nc4ccccc4[nH]3)cs2)cc1. The van der Waals surface area contributed by atoms with Crippen LogP contribution in [0.25, 0.3) is 22.6 Å². The largest absolute Gasteiger partial charge is 0.337 e. The molecular weight excluding hydrogens is 311 g/mol. The number of aliphatic imine (C=N–C) groups is 1. The summed E-state index contributed by atoms with van der Waals surface area (Å²) in [5, 5.41) is 2.54. The summed E-state index contributed by atoms with van der Waals surface area (Å²) in [6.45, 7) is 0. The van der Waals surface area contributed by atoms with E-state index in [1.165, 1.54) is 23.5 Å². The topological polar surface area (TPSA) is 53.9 Å². The van der Waals surface area contributed by atoms with E-state index < -0.39 is 0 Å². The molecule has 0 aliphatic carbocycles. The van der Waals surface area contributed by atoms with E-state index in [4.69, 9.17) is 0 Å². The molecule has 4 nitrogen and oxygen atoms in total. The lowest BCUT2D eigenvalue weighted by Crippen LogP contribution is -1.81. The molecule has 4 aromatic rings. The zero-order valence-corrected chi connectivity index (χ0v) is 12.7. The number of halogens is 1. The number of thiazole rings is 1. The lowest BCUT2D eigenvalue weighted by Gasteiger charge is -1.91. The number of aromatic nitrogens is 3. The van der Waals surface area contributed by atoms with Gasteiger partial charge in [0, 0.05) is 11.6 Å². The Labute approximate surface area is 135 Å². The lowest BCUT2D eigenvalue weighted by atomic mass is 10.2. The Kier molecular flexibility index (Phi) is 3.44. The van der Waals surface area contributed by atoms with Crippen molar-refractivity contribution in [2.75, 3.05) is 0 Å². The number of nitrogens with zero attached hydrogens (tertiary/aromatic N) is 3. The maximum absolute atomic E-state index is 12.9. The van der Waals surface area contributed by atoms with Crippen LogP contribution in [-0.2, 0) is 0 Å². The van der Waals surface area contributed by atoms with Gasteiger partial charge in [-0.15, -0.1) is 11.3 Å². The van der Waals surface area contributed by atoms with Crippen LogP contribution in [0.5, 0.6) is 0 Å². The van der Waals surface area contributed by atoms with Crippen LogP contribution < -0.4 is 0 Å². The Hall–Kier alpha value is -2.86. The summed E-state index contributed by atoms with van der Waals surface area (Å²) in [5.41, 5.74) is 3.48. The molecule has 2 aromatic heterocycles. The lowest BCUT2D eigenvalue weighted by molar-refractivity contribution is 0.628. The van der Waals surface area contributed by atoms with Gasteiger partial charge in [0.15, 0.2) is 5.82 Å². The van der Waals surface area contributed by atoms with Crippen LogP contribution in [0.1, 0.15) is 5.56 Å². The Bertz CT molecular complexity index is 952. The highest BCUT2D eigenvalue weighted by molar-refractivity contribution is 7.13. The van der Waals surface area contributed by atoms with E-state index in [-0.39, 0.29) is 5.82 Å². The van der Waals surface area contributed by atoms with E-state index in [1.54, 1.807) is 18.3 Å². The number of fused-ring (bicyclic) bond motifs is 1. The first kappa shape index (κ1) is 13.8. The Morgan fingerprint density at radius 1 is 1.04 bits per heavy atom. The predicted octanol–water partition coefficient (Wildman–Crippen LogP) is 4.58. The first-order valence-corrected chi connectivity index (χ1v) is 7.86. The summed E-state index contributed by atoms with van der Waals surface area (Å²) in [7, 11) is 0. The minimum atomic E-state index is -0.261. The van der Waals surface area contributed by atoms with Crippen molar-refractivity contribution in [3.8, 4) is 11.5 Å². The van der Waals surface area contributed by atoms with Gasteiger partial charge >= 0.3 is 0 Å². The number of aromatic amines is 1. The number of H-pyrrole nitrogens is 1. The minimum absolute atomic E-state index is 0.261. The van der Waals surface area contributed by atoms with E-state index in [1.807, 2.05) is 29.6 Å². The van der Waals surface area contributed by atoms with E-state index in [2.05, 4.69) is 19.9 Å². The van der Waals surface area contributed by atoms with Gasteiger partial charge in [-0.2, -0.15) is 0 Å². The van der Waals surface area contributed by atoms with Crippen molar-refractivity contribution in [2.45, 2.75) is 0 Å². The van der Waals surface area contributed by atoms with Crippen LogP contribution in [0.2, 0.25) is 0 Å². The summed E-state index contributed by atoms with van der Waals surface area (Å²) in [6.07, 6.45) is 1.67. The monoisotopic (exact) mass is 322 g/mol. The van der Waals surface area contributed by atoms with Gasteiger partial charge in [-0.25, -0.2) is 19.4 Å². The van der Waals surface area contributed by atoms with E-state index in [9.17, 15) is 4.39 Å². The molecule has 0 bridgehead atoms. The molecule has 6 heteroatoms. The Balaban J connectivity index is 1.59. The fourth-order valence-corrected chi connectivity index (χ4v) is 2.83. The zero-order chi connectivity index (χ0) is 15.6. The van der Waals surface area contributed by atoms with Gasteiger partial charge in [0.05, 0.1) is 11.0 Å². The third-order valence-electron chi connectivity index (χ3n) is 3.32. The number of hydrogen-bond donors (Lipinski definition) is 1. The second kappa shape index (κ2) is 5.73. The van der Waals surface area contributed by atoms with E-state index in [0.29, 0.717) is 5.13 Å². The second-order valence-corrected chi connectivity index (χ2v) is 5.76. The quantitative estimate of drug-likeness (QED) is 0.561. The fraction of sp³-hybridized carbons (Fsp3) is 0. The molecule has 0 atom stereocenters. The van der Waals surface area contributed by atoms with Crippen molar-refractivity contribution in [1.82, 2.24) is 15.0 Å². The van der Waals surface area contributed by atoms with Gasteiger partial charge in [0.1, 0.15) is 11.5 Å². The van der Waals surface area contributed by atoms with Crippen molar-refractivity contribution >= 4 is 33.7 Å². The fourth-order valence-electron chi connectivity index (χ4n) is 2.19. The van der Waals surface area contributed by atoms with Crippen molar-refractivity contribution in [3.63, 3.8) is 0 Å². The molecule has 0 amide bonds. The van der Waals surface area contributed by atoms with Crippen LogP contribution in [0.15, 0.2) is 58.9 Å².